The maximum absolute atomic E-state index is 6.09. The van der Waals surface area contributed by atoms with E-state index < -0.39 is 0 Å². The molecule has 0 aliphatic heterocycles. The Morgan fingerprint density at radius 3 is 2.50 bits per heavy atom. The quantitative estimate of drug-likeness (QED) is 0.674. The molecule has 0 spiro atoms. The van der Waals surface area contributed by atoms with Crippen LogP contribution < -0.4 is 5.73 Å². The molecule has 1 rings (SSSR count). The number of hydrogen-bond donors (Lipinski definition) is 2. The summed E-state index contributed by atoms with van der Waals surface area (Å²) in [7, 11) is 0. The van der Waals surface area contributed by atoms with Gasteiger partial charge < -0.3 is 5.73 Å². The zero-order chi connectivity index (χ0) is 9.19. The highest BCUT2D eigenvalue weighted by molar-refractivity contribution is 7.80. The van der Waals surface area contributed by atoms with Gasteiger partial charge in [-0.1, -0.05) is 25.1 Å². The van der Waals surface area contributed by atoms with Gasteiger partial charge in [0, 0.05) is 10.4 Å². The Hall–Kier alpha value is -0.470. The Labute approximate surface area is 79.4 Å². The molecular weight excluding hydrogens is 166 g/mol. The van der Waals surface area contributed by atoms with E-state index in [0.29, 0.717) is 0 Å². The van der Waals surface area contributed by atoms with Crippen molar-refractivity contribution in [2.24, 2.45) is 5.73 Å². The van der Waals surface area contributed by atoms with Crippen molar-refractivity contribution in [3.05, 3.63) is 29.8 Å². The highest BCUT2D eigenvalue weighted by Crippen LogP contribution is 2.26. The normalized spacial score (nSPS) is 15.7. The highest BCUT2D eigenvalue weighted by atomic mass is 32.1. The minimum atomic E-state index is -0.252. The van der Waals surface area contributed by atoms with Crippen molar-refractivity contribution in [1.29, 1.82) is 0 Å². The summed E-state index contributed by atoms with van der Waals surface area (Å²) in [6.07, 6.45) is 0.921. The summed E-state index contributed by atoms with van der Waals surface area (Å²) in [4.78, 5) is 0.976. The summed E-state index contributed by atoms with van der Waals surface area (Å²) in [5.74, 6) is 0. The molecule has 1 atom stereocenters. The van der Waals surface area contributed by atoms with E-state index in [0.717, 1.165) is 16.9 Å². The zero-order valence-corrected chi connectivity index (χ0v) is 8.44. The van der Waals surface area contributed by atoms with E-state index in [1.165, 1.54) is 0 Å². The van der Waals surface area contributed by atoms with Crippen LogP contribution >= 0.6 is 12.6 Å². The molecular formula is C10H15NS. The number of thiol groups is 1. The molecule has 0 aliphatic rings. The van der Waals surface area contributed by atoms with Crippen molar-refractivity contribution >= 4 is 12.6 Å². The first kappa shape index (κ1) is 9.62. The van der Waals surface area contributed by atoms with E-state index in [1.54, 1.807) is 0 Å². The molecule has 0 aliphatic carbocycles. The molecule has 66 valence electrons. The first-order valence-corrected chi connectivity index (χ1v) is 4.60. The van der Waals surface area contributed by atoms with Crippen LogP contribution in [0.3, 0.4) is 0 Å². The number of hydrogen-bond acceptors (Lipinski definition) is 2. The van der Waals surface area contributed by atoms with Crippen LogP contribution in [0.15, 0.2) is 29.2 Å². The fourth-order valence-corrected chi connectivity index (χ4v) is 1.56. The Morgan fingerprint density at radius 2 is 2.00 bits per heavy atom. The molecule has 0 saturated carbocycles. The van der Waals surface area contributed by atoms with Crippen LogP contribution in [0, 0.1) is 0 Å². The average Bonchev–Trinajstić information content (AvgIpc) is 2.05. The average molecular weight is 181 g/mol. The maximum atomic E-state index is 6.09. The van der Waals surface area contributed by atoms with Crippen molar-refractivity contribution in [2.75, 3.05) is 0 Å². The lowest BCUT2D eigenvalue weighted by Crippen LogP contribution is -2.32. The third-order valence-corrected chi connectivity index (χ3v) is 2.64. The Kier molecular flexibility index (Phi) is 2.80. The van der Waals surface area contributed by atoms with Crippen LogP contribution in [0.25, 0.3) is 0 Å². The first-order chi connectivity index (χ1) is 5.58. The van der Waals surface area contributed by atoms with Gasteiger partial charge in [-0.25, -0.2) is 0 Å². The molecule has 0 heterocycles. The van der Waals surface area contributed by atoms with E-state index >= 15 is 0 Å². The van der Waals surface area contributed by atoms with Crippen LogP contribution in [0.4, 0.5) is 0 Å². The second kappa shape index (κ2) is 3.50. The fraction of sp³-hybridized carbons (Fsp3) is 0.400. The Bertz CT molecular complexity index is 268. The summed E-state index contributed by atoms with van der Waals surface area (Å²) in [5.41, 5.74) is 6.96. The molecule has 0 bridgehead atoms. The van der Waals surface area contributed by atoms with E-state index in [2.05, 4.69) is 19.6 Å². The molecule has 0 unspecified atom stereocenters. The first-order valence-electron chi connectivity index (χ1n) is 4.15. The van der Waals surface area contributed by atoms with Gasteiger partial charge >= 0.3 is 0 Å². The van der Waals surface area contributed by atoms with Crippen LogP contribution in [0.5, 0.6) is 0 Å². The Balaban J connectivity index is 3.10. The summed E-state index contributed by atoms with van der Waals surface area (Å²) < 4.78 is 0. The Morgan fingerprint density at radius 1 is 1.42 bits per heavy atom. The van der Waals surface area contributed by atoms with Gasteiger partial charge in [-0.2, -0.15) is 0 Å². The molecule has 1 aromatic carbocycles. The van der Waals surface area contributed by atoms with Crippen LogP contribution in [-0.4, -0.2) is 0 Å². The summed E-state index contributed by atoms with van der Waals surface area (Å²) in [6.45, 7) is 4.11. The number of nitrogens with two attached hydrogens (primary N) is 1. The van der Waals surface area contributed by atoms with Crippen LogP contribution in [-0.2, 0) is 5.54 Å². The van der Waals surface area contributed by atoms with Crippen LogP contribution in [0.2, 0.25) is 0 Å². The van der Waals surface area contributed by atoms with Gasteiger partial charge in [-0.15, -0.1) is 12.6 Å². The predicted octanol–water partition coefficient (Wildman–Crippen LogP) is 2.56. The topological polar surface area (TPSA) is 26.0 Å². The second-order valence-corrected chi connectivity index (χ2v) is 3.77. The second-order valence-electron chi connectivity index (χ2n) is 3.29. The highest BCUT2D eigenvalue weighted by Gasteiger charge is 2.19. The van der Waals surface area contributed by atoms with Crippen molar-refractivity contribution in [1.82, 2.24) is 0 Å². The van der Waals surface area contributed by atoms with Crippen molar-refractivity contribution in [2.45, 2.75) is 30.7 Å². The van der Waals surface area contributed by atoms with Gasteiger partial charge in [0.2, 0.25) is 0 Å². The SMILES string of the molecule is CC[C@](C)(N)c1ccccc1S. The zero-order valence-electron chi connectivity index (χ0n) is 7.54. The largest absolute Gasteiger partial charge is 0.322 e. The summed E-state index contributed by atoms with van der Waals surface area (Å²) >= 11 is 4.37. The molecule has 2 heteroatoms. The molecule has 1 aromatic rings. The fourth-order valence-electron chi connectivity index (χ4n) is 1.15. The lowest BCUT2D eigenvalue weighted by Gasteiger charge is -2.24. The van der Waals surface area contributed by atoms with E-state index in [1.807, 2.05) is 31.2 Å². The number of rotatable bonds is 2. The van der Waals surface area contributed by atoms with Gasteiger partial charge in [-0.05, 0) is 25.0 Å². The van der Waals surface area contributed by atoms with Gasteiger partial charge in [-0.3, -0.25) is 0 Å². The molecule has 0 aromatic heterocycles. The van der Waals surface area contributed by atoms with E-state index in [-0.39, 0.29) is 5.54 Å². The smallest absolute Gasteiger partial charge is 0.0389 e. The third-order valence-electron chi connectivity index (χ3n) is 2.25. The molecule has 2 N–H and O–H groups in total. The molecule has 1 nitrogen and oxygen atoms in total. The van der Waals surface area contributed by atoms with Gasteiger partial charge in [0.1, 0.15) is 0 Å². The third kappa shape index (κ3) is 1.82. The lowest BCUT2D eigenvalue weighted by molar-refractivity contribution is 0.468. The molecule has 12 heavy (non-hydrogen) atoms. The molecule has 0 saturated heterocycles. The number of benzene rings is 1. The molecule has 0 radical (unpaired) electrons. The summed E-state index contributed by atoms with van der Waals surface area (Å²) in [5, 5.41) is 0. The van der Waals surface area contributed by atoms with E-state index in [4.69, 9.17) is 5.73 Å². The van der Waals surface area contributed by atoms with E-state index in [9.17, 15) is 0 Å². The maximum Gasteiger partial charge on any atom is 0.0389 e. The van der Waals surface area contributed by atoms with Crippen LogP contribution in [0.1, 0.15) is 25.8 Å². The van der Waals surface area contributed by atoms with Crippen molar-refractivity contribution in [3.63, 3.8) is 0 Å². The standard InChI is InChI=1S/C10H15NS/c1-3-10(2,11)8-6-4-5-7-9(8)12/h4-7,12H,3,11H2,1-2H3/t10-/m0/s1. The van der Waals surface area contributed by atoms with Gasteiger partial charge in [0.05, 0.1) is 0 Å². The minimum absolute atomic E-state index is 0.252. The summed E-state index contributed by atoms with van der Waals surface area (Å²) in [6, 6.07) is 7.97. The molecule has 0 amide bonds. The predicted molar refractivity (Wildman–Crippen MR) is 55.5 cm³/mol. The molecule has 0 fully saturated rings. The van der Waals surface area contributed by atoms with Crippen molar-refractivity contribution < 1.29 is 0 Å². The minimum Gasteiger partial charge on any atom is -0.322 e. The van der Waals surface area contributed by atoms with Gasteiger partial charge in [0.15, 0.2) is 0 Å². The monoisotopic (exact) mass is 181 g/mol. The van der Waals surface area contributed by atoms with Crippen molar-refractivity contribution in [3.8, 4) is 0 Å². The van der Waals surface area contributed by atoms with Gasteiger partial charge in [0.25, 0.3) is 0 Å². The lowest BCUT2D eigenvalue weighted by atomic mass is 9.91.